The minimum Gasteiger partial charge on any atom is -1.00 e. The first kappa shape index (κ1) is 19.0. The van der Waals surface area contributed by atoms with Crippen LogP contribution in [0.3, 0.4) is 0 Å². The zero-order valence-electron chi connectivity index (χ0n) is 7.63. The van der Waals surface area contributed by atoms with Gasteiger partial charge in [-0.1, -0.05) is 0 Å². The average molecular weight is 222 g/mol. The smallest absolute Gasteiger partial charge is 1.00 e. The molecule has 0 saturated carbocycles. The second kappa shape index (κ2) is 8.94. The van der Waals surface area contributed by atoms with Crippen molar-refractivity contribution >= 4 is 15.1 Å². The summed E-state index contributed by atoms with van der Waals surface area (Å²) in [6.45, 7) is 0. The van der Waals surface area contributed by atoms with Crippen LogP contribution in [0.5, 0.6) is 0 Å². The van der Waals surface area contributed by atoms with E-state index in [-0.39, 0.29) is 106 Å². The summed E-state index contributed by atoms with van der Waals surface area (Å²) in [6.07, 6.45) is 0. The first-order valence-electron chi connectivity index (χ1n) is 1.52. The molecule has 0 heterocycles. The van der Waals surface area contributed by atoms with Crippen molar-refractivity contribution in [1.82, 2.24) is 0 Å². The van der Waals surface area contributed by atoms with Crippen molar-refractivity contribution in [3.05, 3.63) is 0 Å². The van der Waals surface area contributed by atoms with Crippen molar-refractivity contribution in [2.24, 2.45) is 0 Å². The number of hydrogen-bond donors (Lipinski definition) is 4. The van der Waals surface area contributed by atoms with Gasteiger partial charge in [0.2, 0.25) is 0 Å². The van der Waals surface area contributed by atoms with Crippen LogP contribution in [0.15, 0.2) is 0 Å². The van der Waals surface area contributed by atoms with Crippen molar-refractivity contribution in [3.63, 3.8) is 0 Å². The Hall–Kier alpha value is 3.37. The molecule has 0 aliphatic rings. The second-order valence-electron chi connectivity index (χ2n) is 0.922. The van der Waals surface area contributed by atoms with Gasteiger partial charge in [0.15, 0.2) is 0 Å². The van der Waals surface area contributed by atoms with E-state index in [9.17, 15) is 4.57 Å². The molecule has 0 saturated heterocycles. The Morgan fingerprint density at radius 3 is 1.60 bits per heavy atom. The van der Waals surface area contributed by atoms with Crippen LogP contribution >= 0.6 is 7.82 Å². The topological polar surface area (TPSA) is 107 Å². The molecule has 10 heteroatoms. The van der Waals surface area contributed by atoms with Crippen molar-refractivity contribution in [2.45, 2.75) is 0 Å². The molecule has 0 aromatic carbocycles. The maximum absolute atomic E-state index is 9.59. The Kier molecular flexibility index (Phi) is 17.0. The van der Waals surface area contributed by atoms with Gasteiger partial charge in [0.05, 0.1) is 0 Å². The Balaban J connectivity index is -0.0000000408. The van der Waals surface area contributed by atoms with Crippen LogP contribution in [0, 0.1) is 0 Å². The maximum atomic E-state index is 9.59. The predicted molar refractivity (Wildman–Crippen MR) is 25.5 cm³/mol. The van der Waals surface area contributed by atoms with Crippen LogP contribution in [0.2, 0.25) is 0 Å². The van der Waals surface area contributed by atoms with E-state index >= 15 is 0 Å². The Morgan fingerprint density at radius 1 is 1.30 bits per heavy atom. The minimum atomic E-state index is -4.72. The van der Waals surface area contributed by atoms with Crippen molar-refractivity contribution < 1.29 is 134 Å². The molecule has 6 nitrogen and oxygen atoms in total. The van der Waals surface area contributed by atoms with E-state index in [1.807, 2.05) is 0 Å². The molecule has 0 unspecified atom stereocenters. The summed E-state index contributed by atoms with van der Waals surface area (Å²) < 4.78 is 12.8. The molecule has 0 bridgehead atoms. The molecule has 0 aliphatic heterocycles. The van der Waals surface area contributed by atoms with Crippen LogP contribution in [-0.4, -0.2) is 27.2 Å². The van der Waals surface area contributed by atoms with Crippen molar-refractivity contribution in [2.75, 3.05) is 0 Å². The average Bonchev–Trinajstić information content (AvgIpc) is 1.21. The third-order valence-electron chi connectivity index (χ3n) is 0.232. The third-order valence-corrected chi connectivity index (χ3v) is 0.695. The summed E-state index contributed by atoms with van der Waals surface area (Å²) in [5.41, 5.74) is 0. The Morgan fingerprint density at radius 2 is 1.60 bits per heavy atom. The normalized spacial score (nSPS) is 9.20. The summed E-state index contributed by atoms with van der Waals surface area (Å²) in [6, 6.07) is 0. The Labute approximate surface area is 146 Å². The largest absolute Gasteiger partial charge is 1.00 e. The zero-order valence-corrected chi connectivity index (χ0v) is 12.8. The fourth-order valence-corrected chi connectivity index (χ4v) is 0.368. The summed E-state index contributed by atoms with van der Waals surface area (Å²) in [4.78, 5) is 15.5. The summed E-state index contributed by atoms with van der Waals surface area (Å²) >= 11 is 0. The van der Waals surface area contributed by atoms with E-state index in [0.29, 0.717) is 0 Å². The molecule has 0 aliphatic carbocycles. The molecule has 0 aromatic rings. The van der Waals surface area contributed by atoms with Crippen LogP contribution in [0.4, 0.5) is 0 Å². The predicted octanol–water partition coefficient (Wildman–Crippen LogP) is -7.70. The van der Waals surface area contributed by atoms with E-state index in [4.69, 9.17) is 19.8 Å². The fourth-order valence-electron chi connectivity index (χ4n) is 0.123. The standard InChI is InChI=1S/BH4O6P.2K.2H/c2-1(3)7-8(4,5)6;;;;/h2-3H,(H2,4,5,6);;;;/q;2*+1;2*-1. The molecule has 52 valence electrons. The van der Waals surface area contributed by atoms with E-state index in [1.54, 1.807) is 0 Å². The summed E-state index contributed by atoms with van der Waals surface area (Å²) in [5.74, 6) is 0. The van der Waals surface area contributed by atoms with Crippen LogP contribution in [0.1, 0.15) is 2.85 Å². The first-order chi connectivity index (χ1) is 3.42. The van der Waals surface area contributed by atoms with E-state index in [2.05, 4.69) is 4.44 Å². The van der Waals surface area contributed by atoms with Gasteiger partial charge in [-0.15, -0.1) is 0 Å². The van der Waals surface area contributed by atoms with E-state index in [0.717, 1.165) is 0 Å². The van der Waals surface area contributed by atoms with Gasteiger partial charge in [0.1, 0.15) is 0 Å². The van der Waals surface area contributed by atoms with Gasteiger partial charge in [-0.3, -0.25) is 4.44 Å². The molecule has 0 fully saturated rings. The van der Waals surface area contributed by atoms with Crippen LogP contribution < -0.4 is 103 Å². The first-order valence-corrected chi connectivity index (χ1v) is 3.05. The van der Waals surface area contributed by atoms with Crippen LogP contribution in [0.25, 0.3) is 0 Å². The van der Waals surface area contributed by atoms with E-state index in [1.165, 1.54) is 0 Å². The molecule has 0 spiro atoms. The van der Waals surface area contributed by atoms with Gasteiger partial charge in [0, 0.05) is 0 Å². The van der Waals surface area contributed by atoms with Crippen molar-refractivity contribution in [1.29, 1.82) is 0 Å². The second-order valence-corrected chi connectivity index (χ2v) is 2.11. The summed E-state index contributed by atoms with van der Waals surface area (Å²) in [5, 5.41) is 15.5. The zero-order chi connectivity index (χ0) is 6.78. The van der Waals surface area contributed by atoms with E-state index < -0.39 is 15.1 Å². The number of rotatable bonds is 2. The Bertz CT molecular complexity index is 116. The van der Waals surface area contributed by atoms with Crippen molar-refractivity contribution in [3.8, 4) is 0 Å². The third kappa shape index (κ3) is 17.5. The van der Waals surface area contributed by atoms with Gasteiger partial charge < -0.3 is 22.7 Å². The van der Waals surface area contributed by atoms with Gasteiger partial charge in [-0.05, 0) is 0 Å². The monoisotopic (exact) mass is 222 g/mol. The SMILES string of the molecule is O=P(O)(O)OB(O)O.[H-].[H-].[K+].[K+]. The van der Waals surface area contributed by atoms with Gasteiger partial charge in [0.25, 0.3) is 0 Å². The number of hydrogen-bond acceptors (Lipinski definition) is 4. The van der Waals surface area contributed by atoms with Gasteiger partial charge in [-0.25, -0.2) is 4.57 Å². The summed E-state index contributed by atoms with van der Waals surface area (Å²) in [7, 11) is -7.14. The molecule has 0 rings (SSSR count). The minimum absolute atomic E-state index is 0. The van der Waals surface area contributed by atoms with Crippen LogP contribution in [-0.2, 0) is 9.01 Å². The van der Waals surface area contributed by atoms with Gasteiger partial charge >= 0.3 is 118 Å². The molecule has 4 N–H and O–H groups in total. The molecular formula is H6BK2O6P. The molecule has 0 amide bonds. The maximum Gasteiger partial charge on any atom is 1.00 e. The molecule has 10 heavy (non-hydrogen) atoms. The quantitative estimate of drug-likeness (QED) is 0.273. The van der Waals surface area contributed by atoms with Gasteiger partial charge in [-0.2, -0.15) is 0 Å². The molecule has 0 atom stereocenters. The number of phosphoric acid groups is 1. The fraction of sp³-hybridized carbons (Fsp3) is 0. The molecule has 0 radical (unpaired) electrons. The molecule has 0 aromatic heterocycles. The molecular weight excluding hydrogens is 216 g/mol.